The highest BCUT2D eigenvalue weighted by Gasteiger charge is 2.11. The van der Waals surface area contributed by atoms with Crippen LogP contribution in [0.2, 0.25) is 0 Å². The van der Waals surface area contributed by atoms with Crippen LogP contribution in [0.15, 0.2) is 42.5 Å². The average Bonchev–Trinajstić information content (AvgIpc) is 2.61. The summed E-state index contributed by atoms with van der Waals surface area (Å²) in [7, 11) is 1.55. The molecule has 2 aromatic carbocycles. The lowest BCUT2D eigenvalue weighted by molar-refractivity contribution is -0.120. The van der Waals surface area contributed by atoms with Gasteiger partial charge in [0.25, 0.3) is 0 Å². The Morgan fingerprint density at radius 2 is 1.92 bits per heavy atom. The van der Waals surface area contributed by atoms with Gasteiger partial charge in [-0.2, -0.15) is 0 Å². The molecular formula is C21H25NO4. The molecule has 0 saturated carbocycles. The van der Waals surface area contributed by atoms with E-state index in [-0.39, 0.29) is 18.1 Å². The molecule has 0 aromatic heterocycles. The number of carbonyl (C=O) groups is 2. The van der Waals surface area contributed by atoms with Gasteiger partial charge in [-0.25, -0.2) is 0 Å². The first-order chi connectivity index (χ1) is 12.5. The zero-order valence-corrected chi connectivity index (χ0v) is 15.5. The van der Waals surface area contributed by atoms with Crippen LogP contribution in [0.25, 0.3) is 0 Å². The molecule has 138 valence electrons. The predicted octanol–water partition coefficient (Wildman–Crippen LogP) is 3.33. The van der Waals surface area contributed by atoms with Gasteiger partial charge < -0.3 is 14.8 Å². The van der Waals surface area contributed by atoms with Gasteiger partial charge in [0.05, 0.1) is 20.1 Å². The van der Waals surface area contributed by atoms with Crippen molar-refractivity contribution in [3.63, 3.8) is 0 Å². The van der Waals surface area contributed by atoms with Crippen LogP contribution in [-0.4, -0.2) is 32.0 Å². The molecule has 0 fully saturated rings. The van der Waals surface area contributed by atoms with Gasteiger partial charge in [0, 0.05) is 17.7 Å². The molecule has 5 nitrogen and oxygen atoms in total. The third-order valence-corrected chi connectivity index (χ3v) is 3.94. The van der Waals surface area contributed by atoms with E-state index in [9.17, 15) is 9.59 Å². The van der Waals surface area contributed by atoms with E-state index >= 15 is 0 Å². The molecule has 1 amide bonds. The Labute approximate surface area is 154 Å². The molecular weight excluding hydrogens is 330 g/mol. The van der Waals surface area contributed by atoms with E-state index in [4.69, 9.17) is 9.47 Å². The Hall–Kier alpha value is -2.82. The molecule has 1 N–H and O–H groups in total. The monoisotopic (exact) mass is 355 g/mol. The normalized spacial score (nSPS) is 10.3. The van der Waals surface area contributed by atoms with Crippen LogP contribution < -0.4 is 14.8 Å². The summed E-state index contributed by atoms with van der Waals surface area (Å²) in [5.74, 6) is 1.29. The second kappa shape index (κ2) is 9.61. The Kier molecular flexibility index (Phi) is 7.21. The number of nitrogens with one attached hydrogen (secondary N) is 1. The van der Waals surface area contributed by atoms with Gasteiger partial charge >= 0.3 is 0 Å². The number of carbonyl (C=O) groups excluding carboxylic acids is 2. The zero-order valence-electron chi connectivity index (χ0n) is 15.5. The SMILES string of the molecule is COc1ccc(C(C)=O)cc1CC(=O)NCCCOc1cccc(C)c1. The maximum atomic E-state index is 12.1. The van der Waals surface area contributed by atoms with Gasteiger partial charge in [0.2, 0.25) is 5.91 Å². The summed E-state index contributed by atoms with van der Waals surface area (Å²) in [6, 6.07) is 13.0. The molecule has 0 heterocycles. The molecule has 0 radical (unpaired) electrons. The fourth-order valence-electron chi connectivity index (χ4n) is 2.57. The fraction of sp³-hybridized carbons (Fsp3) is 0.333. The van der Waals surface area contributed by atoms with Gasteiger partial charge in [-0.1, -0.05) is 12.1 Å². The van der Waals surface area contributed by atoms with Crippen molar-refractivity contribution in [2.45, 2.75) is 26.7 Å². The molecule has 2 rings (SSSR count). The summed E-state index contributed by atoms with van der Waals surface area (Å²) in [5.41, 5.74) is 2.42. The number of hydrogen-bond acceptors (Lipinski definition) is 4. The first kappa shape index (κ1) is 19.5. The second-order valence-corrected chi connectivity index (χ2v) is 6.13. The molecule has 5 heteroatoms. The molecule has 0 aliphatic rings. The quantitative estimate of drug-likeness (QED) is 0.553. The average molecular weight is 355 g/mol. The van der Waals surface area contributed by atoms with Crippen molar-refractivity contribution < 1.29 is 19.1 Å². The first-order valence-corrected chi connectivity index (χ1v) is 8.63. The summed E-state index contributed by atoms with van der Waals surface area (Å²) >= 11 is 0. The first-order valence-electron chi connectivity index (χ1n) is 8.63. The summed E-state index contributed by atoms with van der Waals surface area (Å²) in [4.78, 5) is 23.7. The number of benzene rings is 2. The van der Waals surface area contributed by atoms with Crippen molar-refractivity contribution in [1.29, 1.82) is 0 Å². The molecule has 2 aromatic rings. The minimum Gasteiger partial charge on any atom is -0.496 e. The van der Waals surface area contributed by atoms with Crippen molar-refractivity contribution in [2.24, 2.45) is 0 Å². The number of amides is 1. The minimum absolute atomic E-state index is 0.0393. The lowest BCUT2D eigenvalue weighted by Crippen LogP contribution is -2.27. The summed E-state index contributed by atoms with van der Waals surface area (Å²) in [6.07, 6.45) is 0.882. The van der Waals surface area contributed by atoms with E-state index < -0.39 is 0 Å². The Bertz CT molecular complexity index is 770. The van der Waals surface area contributed by atoms with Gasteiger partial charge in [0.1, 0.15) is 11.5 Å². The van der Waals surface area contributed by atoms with Crippen LogP contribution in [0, 0.1) is 6.92 Å². The van der Waals surface area contributed by atoms with Crippen LogP contribution in [0.5, 0.6) is 11.5 Å². The summed E-state index contributed by atoms with van der Waals surface area (Å²) in [5, 5.41) is 2.87. The van der Waals surface area contributed by atoms with Crippen molar-refractivity contribution in [1.82, 2.24) is 5.32 Å². The van der Waals surface area contributed by atoms with E-state index in [1.807, 2.05) is 31.2 Å². The van der Waals surface area contributed by atoms with Crippen LogP contribution in [0.3, 0.4) is 0 Å². The van der Waals surface area contributed by atoms with Gasteiger partial charge in [-0.15, -0.1) is 0 Å². The van der Waals surface area contributed by atoms with E-state index in [0.29, 0.717) is 36.4 Å². The topological polar surface area (TPSA) is 64.6 Å². The van der Waals surface area contributed by atoms with Crippen molar-refractivity contribution >= 4 is 11.7 Å². The highest BCUT2D eigenvalue weighted by atomic mass is 16.5. The van der Waals surface area contributed by atoms with Crippen molar-refractivity contribution in [3.8, 4) is 11.5 Å². The molecule has 26 heavy (non-hydrogen) atoms. The standard InChI is InChI=1S/C21H25NO4/c1-15-6-4-7-19(12-15)26-11-5-10-22-21(24)14-18-13-17(16(2)23)8-9-20(18)25-3/h4,6-9,12-13H,5,10-11,14H2,1-3H3,(H,22,24). The number of Topliss-reactive ketones (excluding diaryl/α,β-unsaturated/α-hetero) is 1. The maximum absolute atomic E-state index is 12.1. The van der Waals surface area contributed by atoms with Gasteiger partial charge in [-0.05, 0) is 56.2 Å². The van der Waals surface area contributed by atoms with Crippen LogP contribution in [-0.2, 0) is 11.2 Å². The number of rotatable bonds is 9. The fourth-order valence-corrected chi connectivity index (χ4v) is 2.57. The largest absolute Gasteiger partial charge is 0.496 e. The minimum atomic E-state index is -0.112. The Balaban J connectivity index is 1.78. The number of methoxy groups -OCH3 is 1. The lowest BCUT2D eigenvalue weighted by Gasteiger charge is -2.11. The molecule has 0 bridgehead atoms. The van der Waals surface area contributed by atoms with Crippen LogP contribution in [0.1, 0.15) is 34.8 Å². The number of ketones is 1. The highest BCUT2D eigenvalue weighted by molar-refractivity contribution is 5.94. The molecule has 0 saturated heterocycles. The van der Waals surface area contributed by atoms with Crippen LogP contribution >= 0.6 is 0 Å². The van der Waals surface area contributed by atoms with Crippen molar-refractivity contribution in [2.75, 3.05) is 20.3 Å². The number of ether oxygens (including phenoxy) is 2. The molecule has 0 aliphatic carbocycles. The van der Waals surface area contributed by atoms with Gasteiger partial charge in [0.15, 0.2) is 5.78 Å². The van der Waals surface area contributed by atoms with E-state index in [1.54, 1.807) is 25.3 Å². The van der Waals surface area contributed by atoms with E-state index in [2.05, 4.69) is 5.32 Å². The molecule has 0 aliphatic heterocycles. The Morgan fingerprint density at radius 1 is 1.12 bits per heavy atom. The molecule has 0 atom stereocenters. The highest BCUT2D eigenvalue weighted by Crippen LogP contribution is 2.21. The number of hydrogen-bond donors (Lipinski definition) is 1. The maximum Gasteiger partial charge on any atom is 0.224 e. The van der Waals surface area contributed by atoms with Gasteiger partial charge in [-0.3, -0.25) is 9.59 Å². The van der Waals surface area contributed by atoms with E-state index in [0.717, 1.165) is 11.3 Å². The Morgan fingerprint density at radius 3 is 2.62 bits per heavy atom. The zero-order chi connectivity index (χ0) is 18.9. The summed E-state index contributed by atoms with van der Waals surface area (Å²) in [6.45, 7) is 4.58. The lowest BCUT2D eigenvalue weighted by atomic mass is 10.0. The smallest absolute Gasteiger partial charge is 0.224 e. The predicted molar refractivity (Wildman–Crippen MR) is 101 cm³/mol. The number of aryl methyl sites for hydroxylation is 1. The summed E-state index contributed by atoms with van der Waals surface area (Å²) < 4.78 is 10.9. The second-order valence-electron chi connectivity index (χ2n) is 6.13. The van der Waals surface area contributed by atoms with Crippen LogP contribution in [0.4, 0.5) is 0 Å². The van der Waals surface area contributed by atoms with Crippen molar-refractivity contribution in [3.05, 3.63) is 59.2 Å². The van der Waals surface area contributed by atoms with E-state index in [1.165, 1.54) is 6.92 Å². The molecule has 0 spiro atoms. The third kappa shape index (κ3) is 5.92. The third-order valence-electron chi connectivity index (χ3n) is 3.94. The molecule has 0 unspecified atom stereocenters.